The van der Waals surface area contributed by atoms with E-state index in [-0.39, 0.29) is 12.2 Å². The SMILES string of the molecule is COc1ccn[14c](C(=O)N[C@H]2COC(=O)[C@H](Cc3ccccc3)[C@H](C(C)(C)C(=O)O)[C@H](C)OC2=O)c1O. The van der Waals surface area contributed by atoms with Gasteiger partial charge in [0.05, 0.1) is 18.4 Å². The van der Waals surface area contributed by atoms with Crippen molar-refractivity contribution < 1.29 is 43.6 Å². The number of ether oxygens (including phenoxy) is 3. The molecule has 1 amide bonds. The maximum atomic E-state index is 13.3. The van der Waals surface area contributed by atoms with Gasteiger partial charge in [-0.05, 0) is 32.8 Å². The van der Waals surface area contributed by atoms with Gasteiger partial charge in [0.2, 0.25) is 0 Å². The molecule has 0 spiro atoms. The van der Waals surface area contributed by atoms with E-state index in [1.54, 1.807) is 24.3 Å². The van der Waals surface area contributed by atoms with Crippen LogP contribution in [-0.2, 0) is 30.3 Å². The molecule has 0 radical (unpaired) electrons. The van der Waals surface area contributed by atoms with E-state index >= 15 is 0 Å². The molecular formula is C26H30N2O9. The van der Waals surface area contributed by atoms with Gasteiger partial charge in [0, 0.05) is 18.2 Å². The van der Waals surface area contributed by atoms with Gasteiger partial charge in [-0.2, -0.15) is 0 Å². The molecule has 2 aromatic rings. The molecule has 11 nitrogen and oxygen atoms in total. The second-order valence-corrected chi connectivity index (χ2v) is 9.36. The van der Waals surface area contributed by atoms with Crippen molar-refractivity contribution in [2.24, 2.45) is 17.3 Å². The molecule has 37 heavy (non-hydrogen) atoms. The third kappa shape index (κ3) is 5.99. The maximum absolute atomic E-state index is 13.3. The Bertz CT molecular complexity index is 1170. The molecule has 1 aromatic heterocycles. The van der Waals surface area contributed by atoms with Gasteiger partial charge in [-0.3, -0.25) is 14.4 Å². The van der Waals surface area contributed by atoms with E-state index in [0.29, 0.717) is 0 Å². The first-order valence-electron chi connectivity index (χ1n) is 11.6. The fraction of sp³-hybridized carbons (Fsp3) is 0.423. The number of carboxylic acids is 1. The van der Waals surface area contributed by atoms with E-state index in [2.05, 4.69) is 10.3 Å². The minimum absolute atomic E-state index is 0.000240. The first-order valence-corrected chi connectivity index (χ1v) is 11.6. The molecule has 0 unspecified atom stereocenters. The van der Waals surface area contributed by atoms with Crippen molar-refractivity contribution in [1.82, 2.24) is 10.3 Å². The summed E-state index contributed by atoms with van der Waals surface area (Å²) in [5.41, 5.74) is -1.10. The number of hydrogen-bond acceptors (Lipinski definition) is 9. The molecular weight excluding hydrogens is 486 g/mol. The summed E-state index contributed by atoms with van der Waals surface area (Å²) in [7, 11) is 1.30. The van der Waals surface area contributed by atoms with Gasteiger partial charge in [-0.1, -0.05) is 30.3 Å². The Morgan fingerprint density at radius 2 is 1.86 bits per heavy atom. The molecule has 1 aliphatic rings. The van der Waals surface area contributed by atoms with Crippen molar-refractivity contribution in [3.8, 4) is 11.5 Å². The molecule has 1 fully saturated rings. The Hall–Kier alpha value is -4.15. The number of aromatic hydroxyl groups is 1. The Labute approximate surface area is 213 Å². The largest absolute Gasteiger partial charge is 0.503 e. The zero-order valence-corrected chi connectivity index (χ0v) is 21.0. The molecule has 1 saturated heterocycles. The van der Waals surface area contributed by atoms with E-state index < -0.39 is 71.3 Å². The van der Waals surface area contributed by atoms with Gasteiger partial charge in [0.1, 0.15) is 12.7 Å². The number of esters is 2. The van der Waals surface area contributed by atoms with Crippen LogP contribution in [0.1, 0.15) is 36.8 Å². The summed E-state index contributed by atoms with van der Waals surface area (Å²) in [6.45, 7) is 3.87. The molecule has 3 rings (SSSR count). The summed E-state index contributed by atoms with van der Waals surface area (Å²) in [5, 5.41) is 22.6. The first kappa shape index (κ1) is 27.4. The quantitative estimate of drug-likeness (QED) is 0.464. The molecule has 0 bridgehead atoms. The number of carbonyl (C=O) groups is 4. The van der Waals surface area contributed by atoms with Crippen molar-refractivity contribution in [3.05, 3.63) is 53.9 Å². The van der Waals surface area contributed by atoms with Crippen LogP contribution in [0.15, 0.2) is 42.6 Å². The van der Waals surface area contributed by atoms with E-state index in [0.717, 1.165) is 5.56 Å². The molecule has 4 atom stereocenters. The highest BCUT2D eigenvalue weighted by Crippen LogP contribution is 2.40. The minimum Gasteiger partial charge on any atom is -0.503 e. The Morgan fingerprint density at radius 1 is 1.19 bits per heavy atom. The molecule has 1 aromatic carbocycles. The normalized spacial score (nSPS) is 22.5. The second-order valence-electron chi connectivity index (χ2n) is 9.36. The summed E-state index contributed by atoms with van der Waals surface area (Å²) in [6.07, 6.45) is 0.367. The summed E-state index contributed by atoms with van der Waals surface area (Å²) in [5.74, 6) is -6.21. The Balaban J connectivity index is 1.93. The van der Waals surface area contributed by atoms with Crippen LogP contribution in [0.4, 0.5) is 0 Å². The molecule has 3 N–H and O–H groups in total. The van der Waals surface area contributed by atoms with Crippen LogP contribution in [0.3, 0.4) is 0 Å². The Kier molecular flexibility index (Phi) is 8.36. The zero-order chi connectivity index (χ0) is 27.3. The lowest BCUT2D eigenvalue weighted by Crippen LogP contribution is -2.48. The lowest BCUT2D eigenvalue weighted by molar-refractivity contribution is -0.168. The molecule has 0 saturated carbocycles. The fourth-order valence-electron chi connectivity index (χ4n) is 4.56. The van der Waals surface area contributed by atoms with Crippen molar-refractivity contribution in [2.45, 2.75) is 39.3 Å². The van der Waals surface area contributed by atoms with Crippen molar-refractivity contribution in [1.29, 1.82) is 0 Å². The number of pyridine rings is 1. The summed E-state index contributed by atoms with van der Waals surface area (Å²) in [6, 6.07) is 8.93. The number of carboxylic acid groups (broad SMARTS) is 1. The van der Waals surface area contributed by atoms with Crippen LogP contribution in [-0.4, -0.2) is 64.9 Å². The number of nitrogens with one attached hydrogen (secondary N) is 1. The predicted molar refractivity (Wildman–Crippen MR) is 129 cm³/mol. The van der Waals surface area contributed by atoms with Crippen LogP contribution in [0.25, 0.3) is 0 Å². The van der Waals surface area contributed by atoms with Gasteiger partial charge in [-0.25, -0.2) is 9.78 Å². The van der Waals surface area contributed by atoms with Crippen LogP contribution in [0, 0.1) is 17.3 Å². The third-order valence-electron chi connectivity index (χ3n) is 6.53. The highest BCUT2D eigenvalue weighted by atomic mass is 16.6. The number of amides is 1. The monoisotopic (exact) mass is 516 g/mol. The van der Waals surface area contributed by atoms with Crippen molar-refractivity contribution in [3.63, 3.8) is 0 Å². The van der Waals surface area contributed by atoms with Crippen molar-refractivity contribution in [2.75, 3.05) is 13.7 Å². The number of hydrogen-bond donors (Lipinski definition) is 3. The smallest absolute Gasteiger partial charge is 0.332 e. The molecule has 2 heterocycles. The average molecular weight is 517 g/mol. The predicted octanol–water partition coefficient (Wildman–Crippen LogP) is 1.97. The number of aromatic nitrogens is 1. The average Bonchev–Trinajstić information content (AvgIpc) is 2.89. The van der Waals surface area contributed by atoms with Gasteiger partial charge in [-0.15, -0.1) is 0 Å². The number of cyclic esters (lactones) is 2. The Morgan fingerprint density at radius 3 is 2.49 bits per heavy atom. The maximum Gasteiger partial charge on any atom is 0.332 e. The van der Waals surface area contributed by atoms with Gasteiger partial charge < -0.3 is 29.7 Å². The number of methoxy groups -OCH3 is 1. The highest BCUT2D eigenvalue weighted by Gasteiger charge is 2.50. The van der Waals surface area contributed by atoms with Gasteiger partial charge >= 0.3 is 17.9 Å². The summed E-state index contributed by atoms with van der Waals surface area (Å²) < 4.78 is 16.0. The lowest BCUT2D eigenvalue weighted by Gasteiger charge is -2.38. The third-order valence-corrected chi connectivity index (χ3v) is 6.53. The number of rotatable bonds is 7. The number of benzene rings is 1. The second kappa shape index (κ2) is 11.3. The molecule has 198 valence electrons. The first-order chi connectivity index (χ1) is 17.5. The molecule has 1 aliphatic heterocycles. The van der Waals surface area contributed by atoms with E-state index in [9.17, 15) is 29.4 Å². The van der Waals surface area contributed by atoms with E-state index in [1.807, 2.05) is 6.07 Å². The molecule has 11 heteroatoms. The standard InChI is InChI=1S/C26H30N2O9/c1-14-19(26(2,3)25(33)34)16(12-15-8-6-5-7-9-15)23(31)36-13-17(24(32)37-14)28-22(30)20-21(29)18(35-4)10-11-27-20/h5-11,14,16-17,19,29H,12-13H2,1-4H3,(H,28,30)(H,33,34)/t14-,16+,17-,19+/m0/s1/i20+2. The topological polar surface area (TPSA) is 161 Å². The highest BCUT2D eigenvalue weighted by molar-refractivity contribution is 5.98. The summed E-state index contributed by atoms with van der Waals surface area (Å²) >= 11 is 0. The van der Waals surface area contributed by atoms with Gasteiger partial charge in [0.25, 0.3) is 5.91 Å². The number of nitrogens with zero attached hydrogens (tertiary/aromatic N) is 1. The van der Waals surface area contributed by atoms with Gasteiger partial charge in [0.15, 0.2) is 23.2 Å². The number of aliphatic carboxylic acids is 1. The van der Waals surface area contributed by atoms with Crippen LogP contribution in [0.2, 0.25) is 0 Å². The van der Waals surface area contributed by atoms with Crippen LogP contribution < -0.4 is 10.1 Å². The fourth-order valence-corrected chi connectivity index (χ4v) is 4.56. The number of carbonyl (C=O) groups excluding carboxylic acids is 3. The zero-order valence-electron chi connectivity index (χ0n) is 21.0. The van der Waals surface area contributed by atoms with E-state index in [1.165, 1.54) is 40.1 Å². The van der Waals surface area contributed by atoms with Crippen molar-refractivity contribution >= 4 is 23.8 Å². The minimum atomic E-state index is -1.47. The van der Waals surface area contributed by atoms with Crippen LogP contribution >= 0.6 is 0 Å². The lowest BCUT2D eigenvalue weighted by atomic mass is 9.67. The summed E-state index contributed by atoms with van der Waals surface area (Å²) in [4.78, 5) is 55.2. The molecule has 0 aliphatic carbocycles. The van der Waals surface area contributed by atoms with Crippen LogP contribution in [0.5, 0.6) is 11.5 Å². The van der Waals surface area contributed by atoms with E-state index in [4.69, 9.17) is 14.2 Å².